The highest BCUT2D eigenvalue weighted by Gasteiger charge is 2.40. The molecule has 1 atom stereocenters. The van der Waals surface area contributed by atoms with Gasteiger partial charge < -0.3 is 10.5 Å². The normalized spacial score (nSPS) is 23.0. The first-order valence-corrected chi connectivity index (χ1v) is 7.61. The van der Waals surface area contributed by atoms with Gasteiger partial charge in [0.15, 0.2) is 0 Å². The molecule has 1 saturated heterocycles. The maximum atomic E-state index is 13.7. The maximum Gasteiger partial charge on any atom is 0.142 e. The molecule has 5 heteroatoms. The Morgan fingerprint density at radius 3 is 2.33 bits per heavy atom. The Balaban J connectivity index is 2.29. The van der Waals surface area contributed by atoms with Gasteiger partial charge in [-0.25, -0.2) is 4.39 Å². The zero-order valence-corrected chi connectivity index (χ0v) is 13.9. The number of rotatable bonds is 3. The maximum absolute atomic E-state index is 13.7. The first kappa shape index (κ1) is 16.7. The topological polar surface area (TPSA) is 38.5 Å². The molecule has 3 nitrogen and oxygen atoms in total. The molecule has 118 valence electrons. The molecular formula is C16H24ClFN2O. The fourth-order valence-electron chi connectivity index (χ4n) is 3.28. The van der Waals surface area contributed by atoms with Gasteiger partial charge in [-0.3, -0.25) is 4.90 Å². The van der Waals surface area contributed by atoms with Gasteiger partial charge in [0, 0.05) is 25.7 Å². The van der Waals surface area contributed by atoms with Gasteiger partial charge in [-0.2, -0.15) is 0 Å². The summed E-state index contributed by atoms with van der Waals surface area (Å²) < 4.78 is 19.8. The van der Waals surface area contributed by atoms with E-state index in [4.69, 9.17) is 22.1 Å². The number of benzene rings is 1. The first-order valence-electron chi connectivity index (χ1n) is 7.23. The van der Waals surface area contributed by atoms with E-state index in [0.717, 1.165) is 18.7 Å². The summed E-state index contributed by atoms with van der Waals surface area (Å²) in [7, 11) is 0. The Hall–Kier alpha value is -0.680. The summed E-state index contributed by atoms with van der Waals surface area (Å²) in [6, 6.07) is 4.87. The van der Waals surface area contributed by atoms with E-state index in [-0.39, 0.29) is 22.3 Å². The molecule has 2 N–H and O–H groups in total. The molecule has 1 aliphatic rings. The van der Waals surface area contributed by atoms with Crippen LogP contribution < -0.4 is 5.73 Å². The van der Waals surface area contributed by atoms with Gasteiger partial charge >= 0.3 is 0 Å². The largest absolute Gasteiger partial charge is 0.367 e. The van der Waals surface area contributed by atoms with Crippen LogP contribution in [0.3, 0.4) is 0 Å². The van der Waals surface area contributed by atoms with Crippen molar-refractivity contribution in [2.45, 2.75) is 44.9 Å². The molecule has 1 aliphatic heterocycles. The van der Waals surface area contributed by atoms with Gasteiger partial charge in [0.25, 0.3) is 0 Å². The Kier molecular flexibility index (Phi) is 4.64. The highest BCUT2D eigenvalue weighted by Crippen LogP contribution is 2.33. The molecular weight excluding hydrogens is 291 g/mol. The van der Waals surface area contributed by atoms with E-state index in [1.165, 1.54) is 6.07 Å². The predicted molar refractivity (Wildman–Crippen MR) is 84.0 cm³/mol. The third-order valence-corrected chi connectivity index (χ3v) is 4.02. The zero-order chi connectivity index (χ0) is 15.8. The minimum atomic E-state index is -0.403. The average Bonchev–Trinajstić information content (AvgIpc) is 2.30. The molecule has 0 aliphatic carbocycles. The molecule has 0 spiro atoms. The molecule has 0 radical (unpaired) electrons. The van der Waals surface area contributed by atoms with Crippen LogP contribution in [-0.2, 0) is 4.74 Å². The summed E-state index contributed by atoms with van der Waals surface area (Å²) in [6.45, 7) is 10.2. The predicted octanol–water partition coefficient (Wildman–Crippen LogP) is 3.37. The summed E-state index contributed by atoms with van der Waals surface area (Å²) in [5, 5.41) is 0.136. The molecule has 0 saturated carbocycles. The Morgan fingerprint density at radius 2 is 1.86 bits per heavy atom. The van der Waals surface area contributed by atoms with Crippen LogP contribution in [0.25, 0.3) is 0 Å². The molecule has 2 rings (SSSR count). The Bertz CT molecular complexity index is 503. The van der Waals surface area contributed by atoms with Crippen LogP contribution in [0, 0.1) is 5.82 Å². The van der Waals surface area contributed by atoms with Crippen LogP contribution in [-0.4, -0.2) is 35.7 Å². The van der Waals surface area contributed by atoms with E-state index < -0.39 is 5.82 Å². The molecule has 0 amide bonds. The van der Waals surface area contributed by atoms with Crippen LogP contribution in [0.2, 0.25) is 5.02 Å². The van der Waals surface area contributed by atoms with Crippen LogP contribution in [0.5, 0.6) is 0 Å². The van der Waals surface area contributed by atoms with Crippen molar-refractivity contribution in [1.82, 2.24) is 4.90 Å². The van der Waals surface area contributed by atoms with E-state index in [0.29, 0.717) is 6.54 Å². The molecule has 1 aromatic rings. The lowest BCUT2D eigenvalue weighted by Gasteiger charge is -2.49. The minimum absolute atomic E-state index is 0.0424. The Labute approximate surface area is 131 Å². The monoisotopic (exact) mass is 314 g/mol. The van der Waals surface area contributed by atoms with Crippen molar-refractivity contribution in [3.63, 3.8) is 0 Å². The van der Waals surface area contributed by atoms with Gasteiger partial charge in [-0.1, -0.05) is 17.7 Å². The van der Waals surface area contributed by atoms with Crippen molar-refractivity contribution >= 4 is 11.6 Å². The van der Waals surface area contributed by atoms with Crippen molar-refractivity contribution < 1.29 is 9.13 Å². The van der Waals surface area contributed by atoms with Crippen molar-refractivity contribution in [2.24, 2.45) is 5.73 Å². The molecule has 21 heavy (non-hydrogen) atoms. The second kappa shape index (κ2) is 5.84. The summed E-state index contributed by atoms with van der Waals surface area (Å²) in [4.78, 5) is 2.27. The number of hydrogen-bond acceptors (Lipinski definition) is 3. The van der Waals surface area contributed by atoms with Crippen molar-refractivity contribution in [3.8, 4) is 0 Å². The first-order chi connectivity index (χ1) is 9.63. The summed E-state index contributed by atoms with van der Waals surface area (Å²) in [5.41, 5.74) is 6.29. The van der Waals surface area contributed by atoms with Crippen molar-refractivity contribution in [3.05, 3.63) is 34.6 Å². The summed E-state index contributed by atoms with van der Waals surface area (Å²) in [6.07, 6.45) is 0. The molecule has 0 aromatic heterocycles. The van der Waals surface area contributed by atoms with Gasteiger partial charge in [0.05, 0.1) is 16.2 Å². The van der Waals surface area contributed by atoms with E-state index in [1.807, 2.05) is 6.07 Å². The second-order valence-electron chi connectivity index (χ2n) is 6.95. The molecule has 0 bridgehead atoms. The zero-order valence-electron chi connectivity index (χ0n) is 13.1. The van der Waals surface area contributed by atoms with Crippen LogP contribution >= 0.6 is 11.6 Å². The smallest absolute Gasteiger partial charge is 0.142 e. The highest BCUT2D eigenvalue weighted by molar-refractivity contribution is 6.30. The number of nitrogens with zero attached hydrogens (tertiary/aromatic N) is 1. The number of ether oxygens (including phenoxy) is 1. The lowest BCUT2D eigenvalue weighted by molar-refractivity contribution is -0.187. The number of morpholine rings is 1. The second-order valence-corrected chi connectivity index (χ2v) is 7.36. The Morgan fingerprint density at radius 1 is 1.29 bits per heavy atom. The lowest BCUT2D eigenvalue weighted by atomic mass is 9.95. The van der Waals surface area contributed by atoms with Crippen molar-refractivity contribution in [2.75, 3.05) is 19.6 Å². The molecule has 1 heterocycles. The quantitative estimate of drug-likeness (QED) is 0.929. The van der Waals surface area contributed by atoms with E-state index in [1.54, 1.807) is 6.07 Å². The van der Waals surface area contributed by atoms with Gasteiger partial charge in [0.1, 0.15) is 5.82 Å². The number of nitrogens with two attached hydrogens (primary N) is 1. The van der Waals surface area contributed by atoms with Crippen LogP contribution in [0.15, 0.2) is 18.2 Å². The van der Waals surface area contributed by atoms with E-state index in [2.05, 4.69) is 32.6 Å². The third kappa shape index (κ3) is 3.95. The fourth-order valence-corrected chi connectivity index (χ4v) is 3.40. The molecule has 1 unspecified atom stereocenters. The van der Waals surface area contributed by atoms with Crippen molar-refractivity contribution in [1.29, 1.82) is 0 Å². The lowest BCUT2D eigenvalue weighted by Crippen LogP contribution is -2.58. The summed E-state index contributed by atoms with van der Waals surface area (Å²) in [5.74, 6) is -0.403. The highest BCUT2D eigenvalue weighted by atomic mass is 35.5. The third-order valence-electron chi connectivity index (χ3n) is 3.71. The van der Waals surface area contributed by atoms with Crippen LogP contribution in [0.4, 0.5) is 4.39 Å². The standard InChI is InChI=1S/C16H24ClFN2O/c1-15(2)9-20(10-16(3,4)21-15)14(8-19)11-5-6-12(17)13(18)7-11/h5-7,14H,8-10,19H2,1-4H3. The average molecular weight is 315 g/mol. The number of halogens is 2. The SMILES string of the molecule is CC1(C)CN(C(CN)c2ccc(Cl)c(F)c2)CC(C)(C)O1. The van der Waals surface area contributed by atoms with Gasteiger partial charge in [-0.15, -0.1) is 0 Å². The van der Waals surface area contributed by atoms with Gasteiger partial charge in [0.2, 0.25) is 0 Å². The van der Waals surface area contributed by atoms with E-state index >= 15 is 0 Å². The molecule has 1 aromatic carbocycles. The molecule has 1 fully saturated rings. The number of hydrogen-bond donors (Lipinski definition) is 1. The van der Waals surface area contributed by atoms with E-state index in [9.17, 15) is 4.39 Å². The van der Waals surface area contributed by atoms with Gasteiger partial charge in [-0.05, 0) is 45.4 Å². The van der Waals surface area contributed by atoms with Crippen LogP contribution in [0.1, 0.15) is 39.3 Å². The fraction of sp³-hybridized carbons (Fsp3) is 0.625. The summed E-state index contributed by atoms with van der Waals surface area (Å²) >= 11 is 5.77. The minimum Gasteiger partial charge on any atom is -0.367 e.